The first-order valence-electron chi connectivity index (χ1n) is 8.82. The summed E-state index contributed by atoms with van der Waals surface area (Å²) in [5.74, 6) is 0.0356. The number of aromatic nitrogens is 2. The fourth-order valence-corrected chi connectivity index (χ4v) is 5.36. The maximum absolute atomic E-state index is 13.0. The molecule has 14 heteroatoms. The van der Waals surface area contributed by atoms with Gasteiger partial charge in [-0.05, 0) is 12.5 Å². The minimum atomic E-state index is -4.03. The predicted octanol–water partition coefficient (Wildman–Crippen LogP) is 2.92. The molecule has 0 aliphatic rings. The van der Waals surface area contributed by atoms with E-state index < -0.39 is 26.9 Å². The summed E-state index contributed by atoms with van der Waals surface area (Å²) in [6.45, 7) is 5.24. The molecule has 0 aliphatic heterocycles. The fourth-order valence-electron chi connectivity index (χ4n) is 2.64. The summed E-state index contributed by atoms with van der Waals surface area (Å²) in [6.07, 6.45) is 2.70. The van der Waals surface area contributed by atoms with Crippen molar-refractivity contribution in [3.05, 3.63) is 41.0 Å². The molecule has 2 aromatic rings. The molecule has 1 amide bonds. The minimum absolute atomic E-state index is 0.0706. The second kappa shape index (κ2) is 10.5. The lowest BCUT2D eigenvalue weighted by Gasteiger charge is -2.30. The van der Waals surface area contributed by atoms with E-state index in [0.29, 0.717) is 10.1 Å². The number of nitro benzene ring substituents is 1. The van der Waals surface area contributed by atoms with Gasteiger partial charge in [-0.3, -0.25) is 24.5 Å². The van der Waals surface area contributed by atoms with E-state index >= 15 is 0 Å². The van der Waals surface area contributed by atoms with E-state index in [-0.39, 0.29) is 28.7 Å². The Hall–Kier alpha value is -2.71. The number of amides is 1. The van der Waals surface area contributed by atoms with Crippen LogP contribution in [0, 0.1) is 10.1 Å². The molecule has 0 aliphatic carbocycles. The van der Waals surface area contributed by atoms with Gasteiger partial charge in [0, 0.05) is 17.9 Å². The number of hydrogen-bond donors (Lipinski definition) is 1. The first-order valence-corrected chi connectivity index (χ1v) is 12.5. The van der Waals surface area contributed by atoms with Gasteiger partial charge in [0.15, 0.2) is 4.34 Å². The number of benzene rings is 1. The summed E-state index contributed by atoms with van der Waals surface area (Å²) < 4.78 is 31.9. The highest BCUT2D eigenvalue weighted by Crippen LogP contribution is 2.36. The summed E-state index contributed by atoms with van der Waals surface area (Å²) in [4.78, 5) is 23.5. The zero-order valence-electron chi connectivity index (χ0n) is 17.0. The standard InChI is InChI=1S/C17H21N5O6S3/c1-5-9-29-17-20-19-16(30-17)18-15(23)12(6-2)21(31(4,26)27)13-10-11(22(24)25)7-8-14(13)28-3/h5,7-8,10,12H,1,6,9H2,2-4H3,(H,18,19,23)/t12-/m0/s1. The summed E-state index contributed by atoms with van der Waals surface area (Å²) in [5, 5.41) is 21.8. The molecule has 11 nitrogen and oxygen atoms in total. The van der Waals surface area contributed by atoms with E-state index in [1.54, 1.807) is 13.0 Å². The Labute approximate surface area is 187 Å². The monoisotopic (exact) mass is 487 g/mol. The van der Waals surface area contributed by atoms with E-state index in [1.165, 1.54) is 31.0 Å². The molecule has 2 rings (SSSR count). The number of nitrogens with one attached hydrogen (secondary N) is 1. The van der Waals surface area contributed by atoms with Crippen molar-refractivity contribution < 1.29 is 22.9 Å². The Bertz CT molecular complexity index is 1070. The second-order valence-electron chi connectivity index (χ2n) is 6.06. The Morgan fingerprint density at radius 1 is 1.48 bits per heavy atom. The number of ether oxygens (including phenoxy) is 1. The van der Waals surface area contributed by atoms with Crippen molar-refractivity contribution in [1.82, 2.24) is 10.2 Å². The number of carbonyl (C=O) groups excluding carboxylic acids is 1. The van der Waals surface area contributed by atoms with E-state index in [4.69, 9.17) is 4.74 Å². The van der Waals surface area contributed by atoms with Gasteiger partial charge in [0.2, 0.25) is 21.1 Å². The van der Waals surface area contributed by atoms with Gasteiger partial charge in [-0.1, -0.05) is 36.1 Å². The number of non-ortho nitro benzene ring substituents is 1. The van der Waals surface area contributed by atoms with E-state index in [2.05, 4.69) is 22.1 Å². The molecule has 168 valence electrons. The number of anilines is 2. The van der Waals surface area contributed by atoms with Crippen molar-refractivity contribution in [2.24, 2.45) is 0 Å². The fraction of sp³-hybridized carbons (Fsp3) is 0.353. The van der Waals surface area contributed by atoms with Crippen LogP contribution in [0.5, 0.6) is 5.75 Å². The molecule has 1 aromatic heterocycles. The molecule has 0 bridgehead atoms. The molecular weight excluding hydrogens is 466 g/mol. The number of sulfonamides is 1. The van der Waals surface area contributed by atoms with Crippen molar-refractivity contribution >= 4 is 55.5 Å². The minimum Gasteiger partial charge on any atom is -0.495 e. The van der Waals surface area contributed by atoms with Crippen LogP contribution in [-0.4, -0.2) is 54.6 Å². The molecular formula is C17H21N5O6S3. The van der Waals surface area contributed by atoms with Crippen molar-refractivity contribution in [1.29, 1.82) is 0 Å². The highest BCUT2D eigenvalue weighted by molar-refractivity contribution is 8.01. The first-order chi connectivity index (χ1) is 14.6. The van der Waals surface area contributed by atoms with Gasteiger partial charge in [-0.2, -0.15) is 0 Å². The highest BCUT2D eigenvalue weighted by Gasteiger charge is 2.35. The molecule has 1 N–H and O–H groups in total. The van der Waals surface area contributed by atoms with Gasteiger partial charge in [0.25, 0.3) is 5.69 Å². The van der Waals surface area contributed by atoms with Crippen LogP contribution < -0.4 is 14.4 Å². The molecule has 1 aromatic carbocycles. The molecule has 0 fully saturated rings. The van der Waals surface area contributed by atoms with Gasteiger partial charge in [-0.25, -0.2) is 8.42 Å². The number of carbonyl (C=O) groups is 1. The summed E-state index contributed by atoms with van der Waals surface area (Å²) in [7, 11) is -2.72. The predicted molar refractivity (Wildman–Crippen MR) is 121 cm³/mol. The van der Waals surface area contributed by atoms with E-state index in [0.717, 1.165) is 28.0 Å². The van der Waals surface area contributed by atoms with Gasteiger partial charge in [0.05, 0.1) is 18.3 Å². The van der Waals surface area contributed by atoms with Gasteiger partial charge < -0.3 is 4.74 Å². The maximum Gasteiger partial charge on any atom is 0.271 e. The number of thioether (sulfide) groups is 1. The molecule has 31 heavy (non-hydrogen) atoms. The van der Waals surface area contributed by atoms with Crippen molar-refractivity contribution in [3.63, 3.8) is 0 Å². The van der Waals surface area contributed by atoms with Crippen LogP contribution in [0.15, 0.2) is 35.2 Å². The summed E-state index contributed by atoms with van der Waals surface area (Å²) in [5.41, 5.74) is -0.451. The Morgan fingerprint density at radius 2 is 2.19 bits per heavy atom. The first kappa shape index (κ1) is 24.6. The molecule has 0 spiro atoms. The molecule has 0 unspecified atom stereocenters. The molecule has 0 saturated carbocycles. The van der Waals surface area contributed by atoms with Crippen LogP contribution in [0.25, 0.3) is 0 Å². The van der Waals surface area contributed by atoms with Crippen LogP contribution in [-0.2, 0) is 14.8 Å². The number of rotatable bonds is 11. The lowest BCUT2D eigenvalue weighted by molar-refractivity contribution is -0.384. The number of nitro groups is 1. The number of nitrogens with zero attached hydrogens (tertiary/aromatic N) is 4. The topological polar surface area (TPSA) is 145 Å². The van der Waals surface area contributed by atoms with Crippen LogP contribution in [0.1, 0.15) is 13.3 Å². The highest BCUT2D eigenvalue weighted by atomic mass is 32.2. The third-order valence-corrected chi connectivity index (χ3v) is 7.04. The lowest BCUT2D eigenvalue weighted by atomic mass is 10.1. The third kappa shape index (κ3) is 6.15. The Kier molecular flexibility index (Phi) is 8.36. The SMILES string of the molecule is C=CCSc1nnc(NC(=O)[C@H](CC)N(c2cc([N+](=O)[O-])ccc2OC)S(C)(=O)=O)s1. The summed E-state index contributed by atoms with van der Waals surface area (Å²) in [6, 6.07) is 2.32. The molecule has 1 heterocycles. The third-order valence-electron chi connectivity index (χ3n) is 3.90. The Morgan fingerprint density at radius 3 is 2.74 bits per heavy atom. The van der Waals surface area contributed by atoms with Crippen LogP contribution in [0.4, 0.5) is 16.5 Å². The van der Waals surface area contributed by atoms with Crippen molar-refractivity contribution in [3.8, 4) is 5.75 Å². The van der Waals surface area contributed by atoms with Gasteiger partial charge in [-0.15, -0.1) is 16.8 Å². The molecule has 0 radical (unpaired) electrons. The summed E-state index contributed by atoms with van der Waals surface area (Å²) >= 11 is 2.53. The van der Waals surface area contributed by atoms with Crippen LogP contribution >= 0.6 is 23.1 Å². The quantitative estimate of drug-likeness (QED) is 0.166. The van der Waals surface area contributed by atoms with E-state index in [9.17, 15) is 23.3 Å². The van der Waals surface area contributed by atoms with Crippen molar-refractivity contribution in [2.45, 2.75) is 23.7 Å². The number of methoxy groups -OCH3 is 1. The molecule has 0 saturated heterocycles. The molecule has 1 atom stereocenters. The zero-order chi connectivity index (χ0) is 23.2. The average Bonchev–Trinajstić information content (AvgIpc) is 3.15. The largest absolute Gasteiger partial charge is 0.495 e. The van der Waals surface area contributed by atoms with Crippen molar-refractivity contribution in [2.75, 3.05) is 28.7 Å². The maximum atomic E-state index is 13.0. The lowest BCUT2D eigenvalue weighted by Crippen LogP contribution is -2.47. The zero-order valence-corrected chi connectivity index (χ0v) is 19.4. The van der Waals surface area contributed by atoms with Gasteiger partial charge >= 0.3 is 0 Å². The van der Waals surface area contributed by atoms with Crippen LogP contribution in [0.2, 0.25) is 0 Å². The van der Waals surface area contributed by atoms with E-state index in [1.807, 2.05) is 0 Å². The Balaban J connectivity index is 2.43. The average molecular weight is 488 g/mol. The van der Waals surface area contributed by atoms with Crippen LogP contribution in [0.3, 0.4) is 0 Å². The normalized spacial score (nSPS) is 12.1. The smallest absolute Gasteiger partial charge is 0.271 e. The number of hydrogen-bond acceptors (Lipinski definition) is 10. The van der Waals surface area contributed by atoms with Gasteiger partial charge in [0.1, 0.15) is 17.5 Å². The second-order valence-corrected chi connectivity index (χ2v) is 10.2.